The summed E-state index contributed by atoms with van der Waals surface area (Å²) in [5.41, 5.74) is 3.48. The van der Waals surface area contributed by atoms with Gasteiger partial charge in [0.25, 0.3) is 0 Å². The van der Waals surface area contributed by atoms with E-state index in [9.17, 15) is 9.59 Å². The van der Waals surface area contributed by atoms with Crippen molar-refractivity contribution in [3.63, 3.8) is 0 Å². The third-order valence-corrected chi connectivity index (χ3v) is 9.42. The fourth-order valence-corrected chi connectivity index (χ4v) is 7.91. The lowest BCUT2D eigenvalue weighted by Crippen LogP contribution is -2.59. The van der Waals surface area contributed by atoms with Crippen molar-refractivity contribution in [3.05, 3.63) is 34.9 Å². The van der Waals surface area contributed by atoms with Gasteiger partial charge in [-0.25, -0.2) is 0 Å². The molecule has 7 atom stereocenters. The van der Waals surface area contributed by atoms with Crippen molar-refractivity contribution < 1.29 is 19.1 Å². The third-order valence-electron chi connectivity index (χ3n) is 9.42. The number of allylic oxidation sites excluding steroid dienone is 3. The van der Waals surface area contributed by atoms with Gasteiger partial charge in [0, 0.05) is 36.0 Å². The molecule has 2 aliphatic heterocycles. The quantitative estimate of drug-likeness (QED) is 0.375. The highest BCUT2D eigenvalue weighted by atomic mass is 16.6. The van der Waals surface area contributed by atoms with Crippen LogP contribution in [0.4, 0.5) is 0 Å². The fourth-order valence-electron chi connectivity index (χ4n) is 7.91. The number of hydrogen-bond donors (Lipinski definition) is 0. The summed E-state index contributed by atoms with van der Waals surface area (Å²) in [6.07, 6.45) is 11.5. The molecular formula is C23H24O4. The molecule has 0 amide bonds. The molecule has 7 aliphatic rings. The predicted octanol–water partition coefficient (Wildman–Crippen LogP) is 3.42. The standard InChI is InChI=1S/C23H24O4/c1-20-6-3-12(24)9-16(20)13-10-14(13)19-15-4-7-22(8-5-18(25)27-22)21(15,2)11-17-23(19,20)26-17/h4,7,9,15,17,19H,3,5-6,8,10-11H2,1-2H3/t15?,17-,19?,20+,21+,22-,23-/m1/s1. The van der Waals surface area contributed by atoms with E-state index in [1.54, 1.807) is 0 Å². The number of ether oxygens (including phenoxy) is 2. The molecule has 140 valence electrons. The number of carbonyl (C=O) groups is 2. The molecule has 0 aromatic carbocycles. The molecule has 0 aromatic rings. The van der Waals surface area contributed by atoms with Crippen molar-refractivity contribution in [2.45, 2.75) is 69.7 Å². The van der Waals surface area contributed by atoms with Gasteiger partial charge in [-0.1, -0.05) is 25.5 Å². The van der Waals surface area contributed by atoms with Crippen LogP contribution in [0.2, 0.25) is 0 Å². The van der Waals surface area contributed by atoms with Crippen LogP contribution in [0.3, 0.4) is 0 Å². The maximum atomic E-state index is 12.1. The minimum absolute atomic E-state index is 0.0527. The second kappa shape index (κ2) is 4.03. The molecule has 0 bridgehead atoms. The van der Waals surface area contributed by atoms with E-state index in [-0.39, 0.29) is 34.3 Å². The van der Waals surface area contributed by atoms with Crippen LogP contribution < -0.4 is 0 Å². The molecule has 0 N–H and O–H groups in total. The van der Waals surface area contributed by atoms with Gasteiger partial charge in [0.1, 0.15) is 11.2 Å². The van der Waals surface area contributed by atoms with Crippen LogP contribution in [-0.2, 0) is 19.1 Å². The van der Waals surface area contributed by atoms with Gasteiger partial charge in [-0.05, 0) is 48.5 Å². The van der Waals surface area contributed by atoms with Gasteiger partial charge in [-0.3, -0.25) is 9.59 Å². The van der Waals surface area contributed by atoms with E-state index in [1.807, 2.05) is 6.08 Å². The zero-order valence-corrected chi connectivity index (χ0v) is 15.8. The molecule has 5 aliphatic carbocycles. The zero-order chi connectivity index (χ0) is 18.4. The van der Waals surface area contributed by atoms with Crippen LogP contribution in [0.25, 0.3) is 0 Å². The Bertz CT molecular complexity index is 955. The Kier molecular flexibility index (Phi) is 2.28. The number of esters is 1. The number of ketones is 1. The molecule has 4 heteroatoms. The van der Waals surface area contributed by atoms with E-state index in [0.717, 1.165) is 25.7 Å². The highest BCUT2D eigenvalue weighted by molar-refractivity contribution is 5.93. The third kappa shape index (κ3) is 1.39. The van der Waals surface area contributed by atoms with E-state index >= 15 is 0 Å². The van der Waals surface area contributed by atoms with Gasteiger partial charge in [0.05, 0.1) is 6.10 Å². The summed E-state index contributed by atoms with van der Waals surface area (Å²) in [5, 5.41) is 0. The Morgan fingerprint density at radius 2 is 2.00 bits per heavy atom. The summed E-state index contributed by atoms with van der Waals surface area (Å²) in [4.78, 5) is 24.1. The molecule has 3 fully saturated rings. The molecule has 0 radical (unpaired) electrons. The summed E-state index contributed by atoms with van der Waals surface area (Å²) in [5.74, 6) is 0.937. The van der Waals surface area contributed by atoms with Crippen molar-refractivity contribution in [2.24, 2.45) is 22.7 Å². The highest BCUT2D eigenvalue weighted by Crippen LogP contribution is 2.80. The Morgan fingerprint density at radius 3 is 2.78 bits per heavy atom. The minimum atomic E-state index is -0.442. The van der Waals surface area contributed by atoms with Gasteiger partial charge in [-0.15, -0.1) is 0 Å². The Morgan fingerprint density at radius 1 is 1.15 bits per heavy atom. The molecule has 0 aromatic heterocycles. The molecule has 27 heavy (non-hydrogen) atoms. The number of rotatable bonds is 0. The normalized spacial score (nSPS) is 56.1. The van der Waals surface area contributed by atoms with Crippen molar-refractivity contribution in [2.75, 3.05) is 0 Å². The van der Waals surface area contributed by atoms with Gasteiger partial charge in [0.15, 0.2) is 5.78 Å². The van der Waals surface area contributed by atoms with Crippen LogP contribution in [0, 0.1) is 22.7 Å². The number of epoxide rings is 1. The summed E-state index contributed by atoms with van der Waals surface area (Å²) >= 11 is 0. The lowest BCUT2D eigenvalue weighted by molar-refractivity contribution is -0.158. The Hall–Kier alpha value is -1.68. The van der Waals surface area contributed by atoms with Crippen LogP contribution in [-0.4, -0.2) is 29.1 Å². The fraction of sp³-hybridized carbons (Fsp3) is 0.652. The predicted molar refractivity (Wildman–Crippen MR) is 96.6 cm³/mol. The summed E-state index contributed by atoms with van der Waals surface area (Å²) < 4.78 is 12.6. The van der Waals surface area contributed by atoms with Crippen molar-refractivity contribution >= 4 is 11.8 Å². The first kappa shape index (κ1) is 15.3. The number of hydrogen-bond acceptors (Lipinski definition) is 4. The van der Waals surface area contributed by atoms with Crippen LogP contribution in [0.15, 0.2) is 34.9 Å². The molecule has 2 saturated heterocycles. The maximum absolute atomic E-state index is 12.1. The first-order valence-electron chi connectivity index (χ1n) is 10.4. The van der Waals surface area contributed by atoms with E-state index in [2.05, 4.69) is 26.0 Å². The lowest BCUT2D eigenvalue weighted by Gasteiger charge is -2.54. The van der Waals surface area contributed by atoms with E-state index in [4.69, 9.17) is 9.47 Å². The zero-order valence-electron chi connectivity index (χ0n) is 15.8. The molecule has 2 heterocycles. The van der Waals surface area contributed by atoms with Crippen molar-refractivity contribution in [3.8, 4) is 0 Å². The van der Waals surface area contributed by atoms with Gasteiger partial charge >= 0.3 is 5.97 Å². The summed E-state index contributed by atoms with van der Waals surface area (Å²) in [7, 11) is 0. The van der Waals surface area contributed by atoms with E-state index in [1.165, 1.54) is 16.7 Å². The van der Waals surface area contributed by atoms with E-state index < -0.39 is 5.60 Å². The molecule has 7 rings (SSSR count). The largest absolute Gasteiger partial charge is 0.454 e. The second-order valence-electron chi connectivity index (χ2n) is 10.3. The second-order valence-corrected chi connectivity index (χ2v) is 10.3. The molecular weight excluding hydrogens is 340 g/mol. The van der Waals surface area contributed by atoms with Gasteiger partial charge < -0.3 is 9.47 Å². The van der Waals surface area contributed by atoms with Crippen LogP contribution in [0.5, 0.6) is 0 Å². The molecule has 2 spiro atoms. The van der Waals surface area contributed by atoms with Gasteiger partial charge in [-0.2, -0.15) is 0 Å². The first-order valence-corrected chi connectivity index (χ1v) is 10.4. The number of fused-ring (bicyclic) bond motifs is 6. The highest BCUT2D eigenvalue weighted by Gasteiger charge is 2.83. The van der Waals surface area contributed by atoms with Crippen LogP contribution >= 0.6 is 0 Å². The SMILES string of the molecule is C[C@]12CCC(=O)C=C1C1=C(C1)C1C3C=C[C@@]4(CCC(=O)O4)[C@@]3(C)C[C@H]3O[C@@]132. The Labute approximate surface area is 158 Å². The Balaban J connectivity index is 1.40. The molecule has 2 unspecified atom stereocenters. The number of carbonyl (C=O) groups excluding carboxylic acids is 2. The summed E-state index contributed by atoms with van der Waals surface area (Å²) in [6, 6.07) is 0. The topological polar surface area (TPSA) is 55.9 Å². The lowest BCUT2D eigenvalue weighted by atomic mass is 9.47. The average molecular weight is 364 g/mol. The summed E-state index contributed by atoms with van der Waals surface area (Å²) in [6.45, 7) is 4.66. The molecule has 1 saturated carbocycles. The minimum Gasteiger partial charge on any atom is -0.454 e. The van der Waals surface area contributed by atoms with Gasteiger partial charge in [0.2, 0.25) is 0 Å². The van der Waals surface area contributed by atoms with Crippen LogP contribution in [0.1, 0.15) is 52.4 Å². The average Bonchev–Trinajstić information content (AvgIpc) is 3.49. The monoisotopic (exact) mass is 364 g/mol. The van der Waals surface area contributed by atoms with Crippen molar-refractivity contribution in [1.82, 2.24) is 0 Å². The van der Waals surface area contributed by atoms with Crippen molar-refractivity contribution in [1.29, 1.82) is 0 Å². The molecule has 4 nitrogen and oxygen atoms in total. The maximum Gasteiger partial charge on any atom is 0.306 e. The smallest absolute Gasteiger partial charge is 0.306 e. The van der Waals surface area contributed by atoms with E-state index in [0.29, 0.717) is 24.7 Å². The first-order chi connectivity index (χ1) is 12.8.